The summed E-state index contributed by atoms with van der Waals surface area (Å²) in [6, 6.07) is 10.5. The molecule has 0 bridgehead atoms. The van der Waals surface area contributed by atoms with Crippen molar-refractivity contribution in [1.82, 2.24) is 9.55 Å². The molecule has 0 aliphatic carbocycles. The summed E-state index contributed by atoms with van der Waals surface area (Å²) in [6.45, 7) is 4.50. The van der Waals surface area contributed by atoms with Gasteiger partial charge in [0.25, 0.3) is 0 Å². The molecule has 1 aromatic heterocycles. The summed E-state index contributed by atoms with van der Waals surface area (Å²) in [5.41, 5.74) is 3.99. The van der Waals surface area contributed by atoms with Crippen LogP contribution in [0.4, 0.5) is 19.1 Å². The molecule has 5 rings (SSSR count). The average molecular weight is 440 g/mol. The van der Waals surface area contributed by atoms with Gasteiger partial charge in [-0.1, -0.05) is 24.3 Å². The Hall–Kier alpha value is -3.13. The van der Waals surface area contributed by atoms with Crippen molar-refractivity contribution in [3.63, 3.8) is 0 Å². The summed E-state index contributed by atoms with van der Waals surface area (Å²) < 4.78 is 47.5. The van der Waals surface area contributed by atoms with Crippen LogP contribution < -0.4 is 10.8 Å². The summed E-state index contributed by atoms with van der Waals surface area (Å²) in [5.74, 6) is 0.732. The number of anilines is 1. The monoisotopic (exact) mass is 440 g/mol. The van der Waals surface area contributed by atoms with Crippen LogP contribution in [0, 0.1) is 6.92 Å². The lowest BCUT2D eigenvalue weighted by Gasteiger charge is -2.15. The minimum absolute atomic E-state index is 0.127. The van der Waals surface area contributed by atoms with Crippen molar-refractivity contribution in [1.29, 1.82) is 0 Å². The lowest BCUT2D eigenvalue weighted by molar-refractivity contribution is -0.138. The molecule has 3 aromatic rings. The third kappa shape index (κ3) is 3.79. The number of rotatable bonds is 3. The number of nitrogens with one attached hydrogen (secondary N) is 1. The minimum Gasteiger partial charge on any atom is -0.377 e. The Morgan fingerprint density at radius 1 is 1.22 bits per heavy atom. The van der Waals surface area contributed by atoms with E-state index in [1.54, 1.807) is 6.07 Å². The van der Waals surface area contributed by atoms with Crippen LogP contribution in [-0.2, 0) is 24.0 Å². The number of ether oxygens (including phenoxy) is 1. The first-order valence-corrected chi connectivity index (χ1v) is 10.6. The van der Waals surface area contributed by atoms with Crippen molar-refractivity contribution in [2.45, 2.75) is 32.6 Å². The van der Waals surface area contributed by atoms with E-state index >= 15 is 0 Å². The molecule has 0 amide bonds. The van der Waals surface area contributed by atoms with Crippen LogP contribution in [0.25, 0.3) is 16.5 Å². The van der Waals surface area contributed by atoms with E-state index in [9.17, 15) is 13.2 Å². The largest absolute Gasteiger partial charge is 0.416 e. The third-order valence-electron chi connectivity index (χ3n) is 6.10. The highest BCUT2D eigenvalue weighted by atomic mass is 19.4. The molecule has 2 aliphatic rings. The van der Waals surface area contributed by atoms with Crippen molar-refractivity contribution in [2.75, 3.05) is 25.1 Å². The molecule has 2 aliphatic heterocycles. The Bertz CT molecular complexity index is 1290. The maximum Gasteiger partial charge on any atom is 0.416 e. The Morgan fingerprint density at radius 2 is 2.09 bits per heavy atom. The Labute approximate surface area is 183 Å². The molecule has 32 heavy (non-hydrogen) atoms. The van der Waals surface area contributed by atoms with Gasteiger partial charge in [-0.3, -0.25) is 4.99 Å². The average Bonchev–Trinajstić information content (AvgIpc) is 3.26. The van der Waals surface area contributed by atoms with Gasteiger partial charge in [-0.05, 0) is 53.8 Å². The Balaban J connectivity index is 1.62. The standard InChI is InChI=1S/C24H23F3N4O/c1-15-18(3-2-4-20(15)24(25,26)27)14-29-22-19-13-17(16-7-11-32-12-8-16)5-6-21(19)31-10-9-28-23(31)30-22/h2-7,13H,8-12,14H2,1H3,(H,28,29,30). The lowest BCUT2D eigenvalue weighted by atomic mass is 10.00. The fourth-order valence-electron chi connectivity index (χ4n) is 4.36. The second-order valence-electron chi connectivity index (χ2n) is 8.03. The number of hydrogen-bond donors (Lipinski definition) is 1. The summed E-state index contributed by atoms with van der Waals surface area (Å²) in [6.07, 6.45) is -1.46. The zero-order valence-corrected chi connectivity index (χ0v) is 17.7. The van der Waals surface area contributed by atoms with E-state index in [-0.39, 0.29) is 12.1 Å². The molecule has 0 fully saturated rings. The molecule has 2 aromatic carbocycles. The molecule has 3 heterocycles. The van der Waals surface area contributed by atoms with E-state index in [2.05, 4.69) is 39.2 Å². The predicted molar refractivity (Wildman–Crippen MR) is 117 cm³/mol. The second-order valence-corrected chi connectivity index (χ2v) is 8.03. The van der Waals surface area contributed by atoms with E-state index in [1.807, 2.05) is 0 Å². The number of benzene rings is 2. The molecule has 0 atom stereocenters. The first-order valence-electron chi connectivity index (χ1n) is 10.6. The van der Waals surface area contributed by atoms with Crippen LogP contribution in [0.1, 0.15) is 28.7 Å². The topological polar surface area (TPSA) is 51.4 Å². The SMILES string of the molecule is Cc1c(CN=c2nc3n(c4ccc(C5=CCOCC5)cc24)CCN3)cccc1C(F)(F)F. The van der Waals surface area contributed by atoms with Gasteiger partial charge in [-0.15, -0.1) is 0 Å². The number of alkyl halides is 3. The smallest absolute Gasteiger partial charge is 0.377 e. The molecule has 0 saturated heterocycles. The van der Waals surface area contributed by atoms with Crippen molar-refractivity contribution in [3.05, 3.63) is 70.2 Å². The fourth-order valence-corrected chi connectivity index (χ4v) is 4.36. The van der Waals surface area contributed by atoms with Crippen LogP contribution in [0.15, 0.2) is 47.5 Å². The quantitative estimate of drug-likeness (QED) is 0.643. The van der Waals surface area contributed by atoms with Gasteiger partial charge in [0.2, 0.25) is 5.95 Å². The highest BCUT2D eigenvalue weighted by Gasteiger charge is 2.32. The molecule has 5 nitrogen and oxygen atoms in total. The van der Waals surface area contributed by atoms with Gasteiger partial charge >= 0.3 is 6.18 Å². The number of hydrogen-bond acceptors (Lipinski definition) is 4. The number of nitrogens with zero attached hydrogens (tertiary/aromatic N) is 3. The summed E-state index contributed by atoms with van der Waals surface area (Å²) >= 11 is 0. The van der Waals surface area contributed by atoms with E-state index in [1.165, 1.54) is 18.6 Å². The van der Waals surface area contributed by atoms with Crippen LogP contribution in [0.2, 0.25) is 0 Å². The van der Waals surface area contributed by atoms with Crippen LogP contribution in [0.5, 0.6) is 0 Å². The van der Waals surface area contributed by atoms with Gasteiger partial charge in [0.05, 0.1) is 30.8 Å². The molecular formula is C24H23F3N4O. The second kappa shape index (κ2) is 8.09. The van der Waals surface area contributed by atoms with Crippen molar-refractivity contribution in [3.8, 4) is 0 Å². The molecular weight excluding hydrogens is 417 g/mol. The van der Waals surface area contributed by atoms with E-state index < -0.39 is 11.7 Å². The molecule has 1 N–H and O–H groups in total. The summed E-state index contributed by atoms with van der Waals surface area (Å²) in [4.78, 5) is 9.38. The Morgan fingerprint density at radius 3 is 2.88 bits per heavy atom. The zero-order valence-electron chi connectivity index (χ0n) is 17.7. The first kappa shape index (κ1) is 20.8. The maximum atomic E-state index is 13.3. The molecule has 0 unspecified atom stereocenters. The summed E-state index contributed by atoms with van der Waals surface area (Å²) in [7, 11) is 0. The molecule has 8 heteroatoms. The summed E-state index contributed by atoms with van der Waals surface area (Å²) in [5, 5.41) is 4.16. The van der Waals surface area contributed by atoms with Gasteiger partial charge in [0.15, 0.2) is 5.49 Å². The van der Waals surface area contributed by atoms with E-state index in [0.29, 0.717) is 24.3 Å². The fraction of sp³-hybridized carbons (Fsp3) is 0.333. The first-order chi connectivity index (χ1) is 15.4. The van der Waals surface area contributed by atoms with Crippen LogP contribution >= 0.6 is 0 Å². The maximum absolute atomic E-state index is 13.3. The highest BCUT2D eigenvalue weighted by Crippen LogP contribution is 2.33. The Kier molecular flexibility index (Phi) is 5.25. The molecule has 0 saturated carbocycles. The lowest BCUT2D eigenvalue weighted by Crippen LogP contribution is -2.16. The van der Waals surface area contributed by atoms with Gasteiger partial charge < -0.3 is 14.6 Å². The van der Waals surface area contributed by atoms with Gasteiger partial charge in [-0.25, -0.2) is 0 Å². The van der Waals surface area contributed by atoms with Gasteiger partial charge in [0.1, 0.15) is 0 Å². The van der Waals surface area contributed by atoms with Crippen molar-refractivity contribution >= 4 is 22.4 Å². The van der Waals surface area contributed by atoms with Crippen LogP contribution in [0.3, 0.4) is 0 Å². The minimum atomic E-state index is -4.38. The van der Waals surface area contributed by atoms with E-state index in [4.69, 9.17) is 9.72 Å². The number of halogens is 3. The molecule has 166 valence electrons. The zero-order chi connectivity index (χ0) is 22.3. The number of aromatic nitrogens is 2. The van der Waals surface area contributed by atoms with Crippen molar-refractivity contribution < 1.29 is 17.9 Å². The predicted octanol–water partition coefficient (Wildman–Crippen LogP) is 4.69. The van der Waals surface area contributed by atoms with E-state index in [0.717, 1.165) is 48.0 Å². The normalized spacial score (nSPS) is 16.8. The molecule has 0 radical (unpaired) electrons. The molecule has 0 spiro atoms. The van der Waals surface area contributed by atoms with Gasteiger partial charge in [0, 0.05) is 18.5 Å². The van der Waals surface area contributed by atoms with Gasteiger partial charge in [-0.2, -0.15) is 18.2 Å². The van der Waals surface area contributed by atoms with Crippen molar-refractivity contribution in [2.24, 2.45) is 4.99 Å². The highest BCUT2D eigenvalue weighted by molar-refractivity contribution is 5.84. The van der Waals surface area contributed by atoms with Crippen LogP contribution in [-0.4, -0.2) is 29.3 Å². The third-order valence-corrected chi connectivity index (χ3v) is 6.10. The number of fused-ring (bicyclic) bond motifs is 3.